The van der Waals surface area contributed by atoms with E-state index in [2.05, 4.69) is 29.0 Å². The van der Waals surface area contributed by atoms with Gasteiger partial charge in [-0.1, -0.05) is 25.4 Å². The van der Waals surface area contributed by atoms with Crippen LogP contribution >= 0.6 is 11.3 Å². The quantitative estimate of drug-likeness (QED) is 0.564. The molecule has 1 unspecified atom stereocenters. The first kappa shape index (κ1) is 18.3. The van der Waals surface area contributed by atoms with Gasteiger partial charge in [0.25, 0.3) is 5.89 Å². The molecule has 7 heteroatoms. The molecular formula is C19H21N3O3S. The third-order valence-corrected chi connectivity index (χ3v) is 5.17. The van der Waals surface area contributed by atoms with Gasteiger partial charge in [-0.25, -0.2) is 4.79 Å². The highest BCUT2D eigenvalue weighted by Crippen LogP contribution is 2.27. The topological polar surface area (TPSA) is 78.1 Å². The Balaban J connectivity index is 1.71. The van der Waals surface area contributed by atoms with Crippen molar-refractivity contribution in [2.75, 3.05) is 0 Å². The summed E-state index contributed by atoms with van der Waals surface area (Å²) in [5.41, 5.74) is 1.96. The Labute approximate surface area is 156 Å². The Hall–Kier alpha value is -2.54. The maximum absolute atomic E-state index is 12.5. The van der Waals surface area contributed by atoms with Crippen LogP contribution in [0.25, 0.3) is 11.4 Å². The summed E-state index contributed by atoms with van der Waals surface area (Å²) in [6, 6.07) is 5.57. The molecule has 3 heterocycles. The lowest BCUT2D eigenvalue weighted by atomic mass is 10.1. The molecule has 0 bridgehead atoms. The van der Waals surface area contributed by atoms with Gasteiger partial charge in [0.1, 0.15) is 4.88 Å². The third-order valence-electron chi connectivity index (χ3n) is 3.95. The fourth-order valence-corrected chi connectivity index (χ4v) is 3.83. The van der Waals surface area contributed by atoms with Crippen LogP contribution in [0.1, 0.15) is 59.3 Å². The van der Waals surface area contributed by atoms with E-state index < -0.39 is 6.10 Å². The summed E-state index contributed by atoms with van der Waals surface area (Å²) in [4.78, 5) is 22.7. The highest BCUT2D eigenvalue weighted by Gasteiger charge is 2.22. The van der Waals surface area contributed by atoms with Gasteiger partial charge in [0.05, 0.1) is 0 Å². The van der Waals surface area contributed by atoms with Crippen LogP contribution < -0.4 is 0 Å². The minimum atomic E-state index is -0.623. The van der Waals surface area contributed by atoms with E-state index in [0.717, 1.165) is 24.8 Å². The van der Waals surface area contributed by atoms with Crippen LogP contribution in [0.4, 0.5) is 0 Å². The van der Waals surface area contributed by atoms with Crippen LogP contribution in [0.5, 0.6) is 0 Å². The molecule has 3 aromatic rings. The Morgan fingerprint density at radius 3 is 2.92 bits per heavy atom. The standard InChI is InChI=1S/C19H21N3O3S/c1-4-7-15-13(5-2)10-16(26-15)19(23)24-12(3)18-21-17(22-25-18)14-8-6-9-20-11-14/h6,8-12H,4-5,7H2,1-3H3. The second-order valence-corrected chi connectivity index (χ2v) is 7.04. The van der Waals surface area contributed by atoms with Crippen molar-refractivity contribution in [3.63, 3.8) is 0 Å². The van der Waals surface area contributed by atoms with Gasteiger partial charge in [-0.3, -0.25) is 4.98 Å². The normalized spacial score (nSPS) is 12.1. The van der Waals surface area contributed by atoms with E-state index in [1.807, 2.05) is 12.1 Å². The fraction of sp³-hybridized carbons (Fsp3) is 0.368. The van der Waals surface area contributed by atoms with Crippen molar-refractivity contribution in [3.8, 4) is 11.4 Å². The molecule has 0 radical (unpaired) electrons. The number of rotatable bonds is 7. The molecule has 3 rings (SSSR count). The average molecular weight is 371 g/mol. The second-order valence-electron chi connectivity index (χ2n) is 5.91. The van der Waals surface area contributed by atoms with E-state index in [-0.39, 0.29) is 11.9 Å². The molecule has 0 saturated heterocycles. The van der Waals surface area contributed by atoms with Crippen LogP contribution in [0.2, 0.25) is 0 Å². The summed E-state index contributed by atoms with van der Waals surface area (Å²) in [6.45, 7) is 5.95. The predicted octanol–water partition coefficient (Wildman–Crippen LogP) is 4.63. The van der Waals surface area contributed by atoms with Gasteiger partial charge in [-0.05, 0) is 43.5 Å². The largest absolute Gasteiger partial charge is 0.448 e. The Bertz CT molecular complexity index is 873. The maximum atomic E-state index is 12.5. The molecular weight excluding hydrogens is 350 g/mol. The van der Waals surface area contributed by atoms with Crippen LogP contribution in [0, 0.1) is 0 Å². The van der Waals surface area contributed by atoms with E-state index >= 15 is 0 Å². The zero-order chi connectivity index (χ0) is 18.5. The molecule has 0 saturated carbocycles. The first-order valence-electron chi connectivity index (χ1n) is 8.68. The molecule has 0 aliphatic carbocycles. The molecule has 0 aromatic carbocycles. The molecule has 0 amide bonds. The fourth-order valence-electron chi connectivity index (χ4n) is 2.59. The molecule has 0 fully saturated rings. The van der Waals surface area contributed by atoms with E-state index in [4.69, 9.17) is 9.26 Å². The van der Waals surface area contributed by atoms with E-state index in [1.165, 1.54) is 21.8 Å². The number of thiophene rings is 1. The summed E-state index contributed by atoms with van der Waals surface area (Å²) in [7, 11) is 0. The number of ether oxygens (including phenoxy) is 1. The molecule has 0 spiro atoms. The van der Waals surface area contributed by atoms with Gasteiger partial charge in [-0.2, -0.15) is 4.98 Å². The van der Waals surface area contributed by atoms with Gasteiger partial charge in [-0.15, -0.1) is 11.3 Å². The lowest BCUT2D eigenvalue weighted by molar-refractivity contribution is 0.0271. The number of carbonyl (C=O) groups excluding carboxylic acids is 1. The zero-order valence-electron chi connectivity index (χ0n) is 15.1. The van der Waals surface area contributed by atoms with Crippen molar-refractivity contribution < 1.29 is 14.1 Å². The van der Waals surface area contributed by atoms with Crippen LogP contribution in [0.15, 0.2) is 35.1 Å². The molecule has 1 atom stereocenters. The zero-order valence-corrected chi connectivity index (χ0v) is 15.9. The van der Waals surface area contributed by atoms with Gasteiger partial charge < -0.3 is 9.26 Å². The number of pyridine rings is 1. The third kappa shape index (κ3) is 3.99. The Morgan fingerprint density at radius 2 is 2.23 bits per heavy atom. The van der Waals surface area contributed by atoms with Crippen molar-refractivity contribution >= 4 is 17.3 Å². The maximum Gasteiger partial charge on any atom is 0.349 e. The molecule has 0 aliphatic heterocycles. The molecule has 0 aliphatic rings. The first-order valence-corrected chi connectivity index (χ1v) is 9.50. The highest BCUT2D eigenvalue weighted by molar-refractivity contribution is 7.14. The molecule has 6 nitrogen and oxygen atoms in total. The minimum absolute atomic E-state index is 0.262. The van der Waals surface area contributed by atoms with Crippen LogP contribution in [0.3, 0.4) is 0 Å². The molecule has 3 aromatic heterocycles. The number of nitrogens with zero attached hydrogens (tertiary/aromatic N) is 3. The number of aryl methyl sites for hydroxylation is 2. The van der Waals surface area contributed by atoms with Gasteiger partial charge in [0, 0.05) is 22.8 Å². The van der Waals surface area contributed by atoms with Crippen LogP contribution in [-0.2, 0) is 17.6 Å². The van der Waals surface area contributed by atoms with E-state index in [9.17, 15) is 4.79 Å². The average Bonchev–Trinajstić information content (AvgIpc) is 3.30. The Morgan fingerprint density at radius 1 is 1.38 bits per heavy atom. The number of hydrogen-bond donors (Lipinski definition) is 0. The summed E-state index contributed by atoms with van der Waals surface area (Å²) < 4.78 is 10.8. The molecule has 0 N–H and O–H groups in total. The summed E-state index contributed by atoms with van der Waals surface area (Å²) >= 11 is 1.51. The highest BCUT2D eigenvalue weighted by atomic mass is 32.1. The van der Waals surface area contributed by atoms with E-state index in [1.54, 1.807) is 25.4 Å². The number of hydrogen-bond acceptors (Lipinski definition) is 7. The lowest BCUT2D eigenvalue weighted by Gasteiger charge is -2.07. The monoisotopic (exact) mass is 371 g/mol. The number of carbonyl (C=O) groups is 1. The van der Waals surface area contributed by atoms with Gasteiger partial charge in [0.2, 0.25) is 5.82 Å². The first-order chi connectivity index (χ1) is 12.6. The summed E-state index contributed by atoms with van der Waals surface area (Å²) in [5.74, 6) is 0.324. The van der Waals surface area contributed by atoms with Gasteiger partial charge in [0.15, 0.2) is 6.10 Å². The number of esters is 1. The summed E-state index contributed by atoms with van der Waals surface area (Å²) in [5, 5.41) is 3.93. The van der Waals surface area contributed by atoms with Crippen molar-refractivity contribution in [1.29, 1.82) is 0 Å². The predicted molar refractivity (Wildman–Crippen MR) is 99.1 cm³/mol. The smallest absolute Gasteiger partial charge is 0.349 e. The SMILES string of the molecule is CCCc1sc(C(=O)OC(C)c2nc(-c3cccnc3)no2)cc1CC. The second kappa shape index (κ2) is 8.23. The summed E-state index contributed by atoms with van der Waals surface area (Å²) in [6.07, 6.45) is 5.65. The molecule has 136 valence electrons. The van der Waals surface area contributed by atoms with E-state index in [0.29, 0.717) is 10.7 Å². The lowest BCUT2D eigenvalue weighted by Crippen LogP contribution is -2.08. The van der Waals surface area contributed by atoms with Crippen molar-refractivity contribution in [2.45, 2.75) is 46.1 Å². The van der Waals surface area contributed by atoms with Crippen LogP contribution in [-0.4, -0.2) is 21.1 Å². The Kier molecular flexibility index (Phi) is 5.78. The van der Waals surface area contributed by atoms with Crippen molar-refractivity contribution in [1.82, 2.24) is 15.1 Å². The van der Waals surface area contributed by atoms with Gasteiger partial charge >= 0.3 is 5.97 Å². The number of aromatic nitrogens is 3. The molecule has 26 heavy (non-hydrogen) atoms. The minimum Gasteiger partial charge on any atom is -0.448 e. The van der Waals surface area contributed by atoms with Crippen molar-refractivity contribution in [3.05, 3.63) is 51.8 Å². The van der Waals surface area contributed by atoms with Crippen molar-refractivity contribution in [2.24, 2.45) is 0 Å².